The smallest absolute Gasteiger partial charge is 0.315 e. The molecule has 18 heavy (non-hydrogen) atoms. The molecule has 0 saturated heterocycles. The van der Waals surface area contributed by atoms with Crippen molar-refractivity contribution in [2.45, 2.75) is 0 Å². The van der Waals surface area contributed by atoms with Gasteiger partial charge in [-0.05, 0) is 21.2 Å². The van der Waals surface area contributed by atoms with Crippen molar-refractivity contribution in [2.75, 3.05) is 13.1 Å². The highest BCUT2D eigenvalue weighted by molar-refractivity contribution is 5.84. The Morgan fingerprint density at radius 2 is 1.83 bits per heavy atom. The molecule has 3 heteroatoms. The SMILES string of the molecule is NC(=O)N1CC=c2ccc3ccccc3c2=CC1. The van der Waals surface area contributed by atoms with Gasteiger partial charge in [0, 0.05) is 13.1 Å². The quantitative estimate of drug-likeness (QED) is 0.725. The van der Waals surface area contributed by atoms with Crippen molar-refractivity contribution in [1.29, 1.82) is 0 Å². The predicted molar refractivity (Wildman–Crippen MR) is 73.3 cm³/mol. The molecule has 3 nitrogen and oxygen atoms in total. The minimum atomic E-state index is -0.375. The van der Waals surface area contributed by atoms with E-state index < -0.39 is 0 Å². The first-order valence-electron chi connectivity index (χ1n) is 5.98. The number of hydrogen-bond acceptors (Lipinski definition) is 1. The molecular weight excluding hydrogens is 224 g/mol. The van der Waals surface area contributed by atoms with Crippen LogP contribution in [-0.2, 0) is 0 Å². The Hall–Kier alpha value is -2.29. The van der Waals surface area contributed by atoms with E-state index in [1.54, 1.807) is 4.90 Å². The molecule has 2 N–H and O–H groups in total. The van der Waals surface area contributed by atoms with Crippen LogP contribution < -0.4 is 16.2 Å². The molecule has 0 aromatic heterocycles. The van der Waals surface area contributed by atoms with E-state index in [9.17, 15) is 4.79 Å². The average Bonchev–Trinajstić information content (AvgIpc) is 2.61. The van der Waals surface area contributed by atoms with E-state index in [1.165, 1.54) is 16.0 Å². The minimum absolute atomic E-state index is 0.375. The molecule has 1 aliphatic rings. The Bertz CT molecular complexity index is 734. The predicted octanol–water partition coefficient (Wildman–Crippen LogP) is 0.795. The van der Waals surface area contributed by atoms with Crippen LogP contribution >= 0.6 is 0 Å². The van der Waals surface area contributed by atoms with Crippen molar-refractivity contribution in [3.8, 4) is 0 Å². The molecule has 0 radical (unpaired) electrons. The van der Waals surface area contributed by atoms with Crippen molar-refractivity contribution >= 4 is 29.0 Å². The monoisotopic (exact) mass is 238 g/mol. The Balaban J connectivity index is 2.27. The topological polar surface area (TPSA) is 46.3 Å². The average molecular weight is 238 g/mol. The van der Waals surface area contributed by atoms with Crippen LogP contribution in [0.15, 0.2) is 36.4 Å². The number of urea groups is 1. The third kappa shape index (κ3) is 1.74. The maximum atomic E-state index is 11.2. The number of nitrogens with zero attached hydrogens (tertiary/aromatic N) is 1. The normalized spacial score (nSPS) is 14.3. The molecular formula is C15H14N2O. The molecule has 0 bridgehead atoms. The van der Waals surface area contributed by atoms with Crippen LogP contribution in [0, 0.1) is 0 Å². The van der Waals surface area contributed by atoms with Crippen LogP contribution in [0.2, 0.25) is 0 Å². The molecule has 0 aliphatic carbocycles. The highest BCUT2D eigenvalue weighted by Gasteiger charge is 2.08. The third-order valence-corrected chi connectivity index (χ3v) is 3.36. The summed E-state index contributed by atoms with van der Waals surface area (Å²) in [5, 5.41) is 4.79. The molecule has 0 fully saturated rings. The number of nitrogens with two attached hydrogens (primary N) is 1. The molecule has 90 valence electrons. The Labute approximate surface area is 105 Å². The fraction of sp³-hybridized carbons (Fsp3) is 0.133. The van der Waals surface area contributed by atoms with Gasteiger partial charge in [-0.2, -0.15) is 0 Å². The second kappa shape index (κ2) is 4.18. The summed E-state index contributed by atoms with van der Waals surface area (Å²) in [5.41, 5.74) is 5.33. The van der Waals surface area contributed by atoms with Gasteiger partial charge in [0.05, 0.1) is 0 Å². The van der Waals surface area contributed by atoms with Crippen molar-refractivity contribution in [2.24, 2.45) is 5.73 Å². The maximum Gasteiger partial charge on any atom is 0.315 e. The number of carbonyl (C=O) groups is 1. The zero-order valence-corrected chi connectivity index (χ0v) is 9.97. The lowest BCUT2D eigenvalue weighted by atomic mass is 10.1. The summed E-state index contributed by atoms with van der Waals surface area (Å²) >= 11 is 0. The number of carbonyl (C=O) groups excluding carboxylic acids is 1. The number of amides is 2. The van der Waals surface area contributed by atoms with Gasteiger partial charge in [0.25, 0.3) is 0 Å². The van der Waals surface area contributed by atoms with E-state index in [4.69, 9.17) is 5.73 Å². The van der Waals surface area contributed by atoms with E-state index in [2.05, 4.69) is 36.4 Å². The zero-order valence-electron chi connectivity index (χ0n) is 9.97. The molecule has 1 heterocycles. The van der Waals surface area contributed by atoms with Crippen LogP contribution in [0.5, 0.6) is 0 Å². The molecule has 0 spiro atoms. The van der Waals surface area contributed by atoms with Gasteiger partial charge in [0.2, 0.25) is 0 Å². The first-order valence-corrected chi connectivity index (χ1v) is 5.98. The van der Waals surface area contributed by atoms with Crippen molar-refractivity contribution in [3.63, 3.8) is 0 Å². The fourth-order valence-corrected chi connectivity index (χ4v) is 2.38. The molecule has 2 aromatic carbocycles. The summed E-state index contributed by atoms with van der Waals surface area (Å²) in [6.07, 6.45) is 4.13. The van der Waals surface area contributed by atoms with Gasteiger partial charge in [0.15, 0.2) is 0 Å². The summed E-state index contributed by atoms with van der Waals surface area (Å²) in [5.74, 6) is 0. The summed E-state index contributed by atoms with van der Waals surface area (Å²) < 4.78 is 0. The lowest BCUT2D eigenvalue weighted by Crippen LogP contribution is -2.35. The van der Waals surface area contributed by atoms with Gasteiger partial charge in [-0.15, -0.1) is 0 Å². The van der Waals surface area contributed by atoms with Crippen LogP contribution in [0.25, 0.3) is 22.9 Å². The van der Waals surface area contributed by atoms with Crippen molar-refractivity contribution in [1.82, 2.24) is 4.90 Å². The second-order valence-electron chi connectivity index (χ2n) is 4.44. The van der Waals surface area contributed by atoms with E-state index in [0.717, 1.165) is 5.22 Å². The molecule has 0 atom stereocenters. The van der Waals surface area contributed by atoms with E-state index in [1.807, 2.05) is 12.1 Å². The van der Waals surface area contributed by atoms with E-state index in [-0.39, 0.29) is 6.03 Å². The lowest BCUT2D eigenvalue weighted by molar-refractivity contribution is 0.220. The van der Waals surface area contributed by atoms with Crippen molar-refractivity contribution < 1.29 is 4.79 Å². The van der Waals surface area contributed by atoms with Crippen molar-refractivity contribution in [3.05, 3.63) is 46.8 Å². The van der Waals surface area contributed by atoms with Crippen LogP contribution in [0.1, 0.15) is 0 Å². The van der Waals surface area contributed by atoms with Gasteiger partial charge in [0.1, 0.15) is 0 Å². The summed E-state index contributed by atoms with van der Waals surface area (Å²) in [6.45, 7) is 1.13. The summed E-state index contributed by atoms with van der Waals surface area (Å²) in [7, 11) is 0. The summed E-state index contributed by atoms with van der Waals surface area (Å²) in [6, 6.07) is 12.1. The van der Waals surface area contributed by atoms with Gasteiger partial charge in [-0.1, -0.05) is 48.6 Å². The van der Waals surface area contributed by atoms with E-state index in [0.29, 0.717) is 13.1 Å². The second-order valence-corrected chi connectivity index (χ2v) is 4.44. The number of hydrogen-bond donors (Lipinski definition) is 1. The number of primary amides is 1. The maximum absolute atomic E-state index is 11.2. The standard InChI is InChI=1S/C15H14N2O/c16-15(18)17-9-7-12-6-5-11-3-1-2-4-13(11)14(12)8-10-17/h1-8H,9-10H2,(H2,16,18). The number of rotatable bonds is 0. The molecule has 1 aliphatic heterocycles. The molecule has 0 saturated carbocycles. The van der Waals surface area contributed by atoms with Crippen LogP contribution in [0.4, 0.5) is 4.79 Å². The summed E-state index contributed by atoms with van der Waals surface area (Å²) in [4.78, 5) is 12.8. The Morgan fingerprint density at radius 1 is 1.06 bits per heavy atom. The molecule has 2 aromatic rings. The Morgan fingerprint density at radius 3 is 2.67 bits per heavy atom. The first kappa shape index (κ1) is 10.8. The molecule has 0 unspecified atom stereocenters. The van der Waals surface area contributed by atoms with E-state index >= 15 is 0 Å². The highest BCUT2D eigenvalue weighted by Crippen LogP contribution is 2.07. The molecule has 2 amide bonds. The highest BCUT2D eigenvalue weighted by atomic mass is 16.2. The first-order chi connectivity index (χ1) is 8.75. The van der Waals surface area contributed by atoms with Gasteiger partial charge >= 0.3 is 6.03 Å². The van der Waals surface area contributed by atoms with Crippen LogP contribution in [0.3, 0.4) is 0 Å². The minimum Gasteiger partial charge on any atom is -0.351 e. The molecule has 3 rings (SSSR count). The number of fused-ring (bicyclic) bond motifs is 3. The van der Waals surface area contributed by atoms with Gasteiger partial charge in [-0.25, -0.2) is 4.79 Å². The zero-order chi connectivity index (χ0) is 12.5. The fourth-order valence-electron chi connectivity index (χ4n) is 2.38. The van der Waals surface area contributed by atoms with Gasteiger partial charge < -0.3 is 10.6 Å². The largest absolute Gasteiger partial charge is 0.351 e. The Kier molecular flexibility index (Phi) is 2.52. The van der Waals surface area contributed by atoms with Gasteiger partial charge in [-0.3, -0.25) is 0 Å². The van der Waals surface area contributed by atoms with Crippen LogP contribution in [-0.4, -0.2) is 24.0 Å². The lowest BCUT2D eigenvalue weighted by Gasteiger charge is -2.14. The number of benzene rings is 2. The third-order valence-electron chi connectivity index (χ3n) is 3.36.